The molecule has 0 radical (unpaired) electrons. The van der Waals surface area contributed by atoms with Crippen LogP contribution in [0.3, 0.4) is 0 Å². The number of anilines is 1. The number of urea groups is 1. The van der Waals surface area contributed by atoms with E-state index in [2.05, 4.69) is 21.2 Å². The standard InChI is InChI=1S/C11H15BrN2O2/c1-4-14(2)11(15)13-8-5-6-9(12)10(7-8)16-3/h5-7H,4H2,1-3H3,(H,13,15). The van der Waals surface area contributed by atoms with Gasteiger partial charge in [-0.2, -0.15) is 0 Å². The third-order valence-corrected chi connectivity index (χ3v) is 2.88. The molecular weight excluding hydrogens is 272 g/mol. The zero-order valence-electron chi connectivity index (χ0n) is 9.58. The maximum Gasteiger partial charge on any atom is 0.321 e. The number of carbonyl (C=O) groups excluding carboxylic acids is 1. The highest BCUT2D eigenvalue weighted by molar-refractivity contribution is 9.10. The van der Waals surface area contributed by atoms with Gasteiger partial charge in [-0.1, -0.05) is 0 Å². The van der Waals surface area contributed by atoms with Crippen molar-refractivity contribution < 1.29 is 9.53 Å². The highest BCUT2D eigenvalue weighted by Crippen LogP contribution is 2.27. The molecule has 16 heavy (non-hydrogen) atoms. The average molecular weight is 287 g/mol. The molecule has 0 saturated heterocycles. The minimum absolute atomic E-state index is 0.133. The van der Waals surface area contributed by atoms with Gasteiger partial charge in [0.25, 0.3) is 0 Å². The Morgan fingerprint density at radius 1 is 1.56 bits per heavy atom. The largest absolute Gasteiger partial charge is 0.495 e. The first-order chi connectivity index (χ1) is 7.58. The lowest BCUT2D eigenvalue weighted by Crippen LogP contribution is -2.30. The molecule has 4 nitrogen and oxygen atoms in total. The van der Waals surface area contributed by atoms with E-state index < -0.39 is 0 Å². The summed E-state index contributed by atoms with van der Waals surface area (Å²) < 4.78 is 6.00. The van der Waals surface area contributed by atoms with Crippen LogP contribution in [0.1, 0.15) is 6.92 Å². The number of carbonyl (C=O) groups is 1. The van der Waals surface area contributed by atoms with Gasteiger partial charge in [-0.05, 0) is 35.0 Å². The molecule has 88 valence electrons. The van der Waals surface area contributed by atoms with Crippen molar-refractivity contribution in [1.82, 2.24) is 4.90 Å². The number of hydrogen-bond acceptors (Lipinski definition) is 2. The zero-order chi connectivity index (χ0) is 12.1. The summed E-state index contributed by atoms with van der Waals surface area (Å²) in [5.74, 6) is 0.692. The van der Waals surface area contributed by atoms with E-state index >= 15 is 0 Å². The number of nitrogens with one attached hydrogen (secondary N) is 1. The molecule has 1 aromatic rings. The van der Waals surface area contributed by atoms with Crippen LogP contribution in [0.25, 0.3) is 0 Å². The smallest absolute Gasteiger partial charge is 0.321 e. The number of methoxy groups -OCH3 is 1. The molecule has 0 aromatic heterocycles. The normalized spacial score (nSPS) is 9.75. The molecule has 0 aliphatic carbocycles. The minimum atomic E-state index is -0.133. The van der Waals surface area contributed by atoms with E-state index in [1.54, 1.807) is 25.1 Å². The second-order valence-corrected chi connectivity index (χ2v) is 4.15. The monoisotopic (exact) mass is 286 g/mol. The molecule has 1 rings (SSSR count). The molecule has 1 N–H and O–H groups in total. The molecule has 0 aliphatic rings. The Bertz CT molecular complexity index is 382. The third-order valence-electron chi connectivity index (χ3n) is 2.22. The van der Waals surface area contributed by atoms with Gasteiger partial charge in [-0.25, -0.2) is 4.79 Å². The first-order valence-electron chi connectivity index (χ1n) is 4.94. The van der Waals surface area contributed by atoms with Gasteiger partial charge in [0, 0.05) is 25.3 Å². The van der Waals surface area contributed by atoms with Crippen LogP contribution < -0.4 is 10.1 Å². The number of nitrogens with zero attached hydrogens (tertiary/aromatic N) is 1. The van der Waals surface area contributed by atoms with Crippen molar-refractivity contribution in [3.05, 3.63) is 22.7 Å². The maximum atomic E-state index is 11.6. The number of hydrogen-bond donors (Lipinski definition) is 1. The lowest BCUT2D eigenvalue weighted by atomic mass is 10.3. The average Bonchev–Trinajstić information content (AvgIpc) is 2.30. The summed E-state index contributed by atoms with van der Waals surface area (Å²) in [4.78, 5) is 13.2. The number of rotatable bonds is 3. The van der Waals surface area contributed by atoms with Gasteiger partial charge in [0.1, 0.15) is 5.75 Å². The van der Waals surface area contributed by atoms with Gasteiger partial charge in [-0.3, -0.25) is 0 Å². The third kappa shape index (κ3) is 3.13. The van der Waals surface area contributed by atoms with Crippen LogP contribution in [0, 0.1) is 0 Å². The summed E-state index contributed by atoms with van der Waals surface area (Å²) >= 11 is 3.35. The molecule has 0 saturated carbocycles. The summed E-state index contributed by atoms with van der Waals surface area (Å²) in [7, 11) is 3.33. The second-order valence-electron chi connectivity index (χ2n) is 3.29. The van der Waals surface area contributed by atoms with Gasteiger partial charge < -0.3 is 15.0 Å². The van der Waals surface area contributed by atoms with E-state index in [1.807, 2.05) is 19.1 Å². The molecule has 1 aromatic carbocycles. The van der Waals surface area contributed by atoms with Gasteiger partial charge in [0.05, 0.1) is 11.6 Å². The predicted molar refractivity (Wildman–Crippen MR) is 68.0 cm³/mol. The van der Waals surface area contributed by atoms with E-state index in [0.717, 1.165) is 4.47 Å². The van der Waals surface area contributed by atoms with Crippen LogP contribution in [-0.2, 0) is 0 Å². The Morgan fingerprint density at radius 2 is 2.25 bits per heavy atom. The Morgan fingerprint density at radius 3 is 2.81 bits per heavy atom. The molecule has 0 spiro atoms. The lowest BCUT2D eigenvalue weighted by Gasteiger charge is -2.16. The molecule has 0 bridgehead atoms. The summed E-state index contributed by atoms with van der Waals surface area (Å²) in [5, 5.41) is 2.78. The molecule has 0 fully saturated rings. The molecule has 0 heterocycles. The van der Waals surface area contributed by atoms with E-state index in [0.29, 0.717) is 18.0 Å². The Hall–Kier alpha value is -1.23. The van der Waals surface area contributed by atoms with Crippen LogP contribution in [0.4, 0.5) is 10.5 Å². The molecule has 2 amide bonds. The van der Waals surface area contributed by atoms with Crippen LogP contribution in [-0.4, -0.2) is 31.6 Å². The zero-order valence-corrected chi connectivity index (χ0v) is 11.2. The van der Waals surface area contributed by atoms with Crippen molar-refractivity contribution in [2.45, 2.75) is 6.92 Å². The van der Waals surface area contributed by atoms with Crippen molar-refractivity contribution >= 4 is 27.6 Å². The molecule has 0 unspecified atom stereocenters. The number of amides is 2. The Labute approximate surface area is 104 Å². The lowest BCUT2D eigenvalue weighted by molar-refractivity contribution is 0.224. The highest BCUT2D eigenvalue weighted by atomic mass is 79.9. The highest BCUT2D eigenvalue weighted by Gasteiger charge is 2.08. The predicted octanol–water partition coefficient (Wildman–Crippen LogP) is 2.94. The first-order valence-corrected chi connectivity index (χ1v) is 5.73. The number of ether oxygens (including phenoxy) is 1. The molecular formula is C11H15BrN2O2. The van der Waals surface area contributed by atoms with Gasteiger partial charge in [0.15, 0.2) is 0 Å². The summed E-state index contributed by atoms with van der Waals surface area (Å²) in [6.45, 7) is 2.58. The fourth-order valence-corrected chi connectivity index (χ4v) is 1.51. The minimum Gasteiger partial charge on any atom is -0.495 e. The van der Waals surface area contributed by atoms with E-state index in [4.69, 9.17) is 4.74 Å². The second kappa shape index (κ2) is 5.75. The molecule has 5 heteroatoms. The molecule has 0 atom stereocenters. The summed E-state index contributed by atoms with van der Waals surface area (Å²) in [6, 6.07) is 5.28. The van der Waals surface area contributed by atoms with Gasteiger partial charge >= 0.3 is 6.03 Å². The van der Waals surface area contributed by atoms with E-state index in [1.165, 1.54) is 0 Å². The fourth-order valence-electron chi connectivity index (χ4n) is 1.10. The van der Waals surface area contributed by atoms with Crippen LogP contribution in [0.2, 0.25) is 0 Å². The SMILES string of the molecule is CCN(C)C(=O)Nc1ccc(Br)c(OC)c1. The number of benzene rings is 1. The van der Waals surface area contributed by atoms with Crippen LogP contribution in [0.5, 0.6) is 5.75 Å². The van der Waals surface area contributed by atoms with Gasteiger partial charge in [0.2, 0.25) is 0 Å². The summed E-state index contributed by atoms with van der Waals surface area (Å²) in [6.07, 6.45) is 0. The van der Waals surface area contributed by atoms with Crippen molar-refractivity contribution in [1.29, 1.82) is 0 Å². The quantitative estimate of drug-likeness (QED) is 0.928. The fraction of sp³-hybridized carbons (Fsp3) is 0.364. The van der Waals surface area contributed by atoms with E-state index in [-0.39, 0.29) is 6.03 Å². The Balaban J connectivity index is 2.78. The van der Waals surface area contributed by atoms with Crippen molar-refractivity contribution in [2.75, 3.05) is 26.0 Å². The topological polar surface area (TPSA) is 41.6 Å². The van der Waals surface area contributed by atoms with Crippen molar-refractivity contribution in [2.24, 2.45) is 0 Å². The van der Waals surface area contributed by atoms with Crippen LogP contribution in [0.15, 0.2) is 22.7 Å². The molecule has 0 aliphatic heterocycles. The van der Waals surface area contributed by atoms with E-state index in [9.17, 15) is 4.79 Å². The Kier molecular flexibility index (Phi) is 4.61. The van der Waals surface area contributed by atoms with Gasteiger partial charge in [-0.15, -0.1) is 0 Å². The number of halogens is 1. The van der Waals surface area contributed by atoms with Crippen molar-refractivity contribution in [3.63, 3.8) is 0 Å². The van der Waals surface area contributed by atoms with Crippen molar-refractivity contribution in [3.8, 4) is 5.75 Å². The summed E-state index contributed by atoms with van der Waals surface area (Å²) in [5.41, 5.74) is 0.713. The van der Waals surface area contributed by atoms with Crippen LogP contribution >= 0.6 is 15.9 Å². The first kappa shape index (κ1) is 12.8. The maximum absolute atomic E-state index is 11.6.